The normalized spacial score (nSPS) is 16.4. The molecular formula is C19H23N5O2. The van der Waals surface area contributed by atoms with Crippen LogP contribution in [-0.2, 0) is 27.1 Å². The summed E-state index contributed by atoms with van der Waals surface area (Å²) in [5.74, 6) is 0. The molecule has 3 heterocycles. The van der Waals surface area contributed by atoms with Gasteiger partial charge in [-0.05, 0) is 31.4 Å². The van der Waals surface area contributed by atoms with Crippen LogP contribution in [0.4, 0.5) is 5.69 Å². The maximum Gasteiger partial charge on any atom is 0.332 e. The van der Waals surface area contributed by atoms with Crippen molar-refractivity contribution in [2.75, 3.05) is 11.4 Å². The first-order valence-electron chi connectivity index (χ1n) is 8.94. The van der Waals surface area contributed by atoms with Crippen LogP contribution in [0.2, 0.25) is 0 Å². The van der Waals surface area contributed by atoms with Crippen LogP contribution >= 0.6 is 0 Å². The van der Waals surface area contributed by atoms with Crippen LogP contribution in [-0.4, -0.2) is 31.3 Å². The van der Waals surface area contributed by atoms with Gasteiger partial charge in [0, 0.05) is 38.9 Å². The standard InChI is InChI=1S/C19H23N5O2/c1-13-11-14-7-4-5-8-15(14)23(13)9-6-10-24-18(25)16-17(20-12-21(16)2)22(3)19(24)26/h4-5,7-8,12-13H,6,9-11H2,1-3H3. The van der Waals surface area contributed by atoms with Gasteiger partial charge < -0.3 is 9.47 Å². The Kier molecular flexibility index (Phi) is 3.94. The Morgan fingerprint density at radius 3 is 2.73 bits per heavy atom. The van der Waals surface area contributed by atoms with E-state index >= 15 is 0 Å². The van der Waals surface area contributed by atoms with Crippen molar-refractivity contribution in [2.45, 2.75) is 32.4 Å². The van der Waals surface area contributed by atoms with Crippen molar-refractivity contribution in [1.29, 1.82) is 0 Å². The van der Waals surface area contributed by atoms with E-state index in [1.54, 1.807) is 25.0 Å². The van der Waals surface area contributed by atoms with E-state index in [9.17, 15) is 9.59 Å². The average Bonchev–Trinajstić information content (AvgIpc) is 3.16. The topological polar surface area (TPSA) is 65.1 Å². The lowest BCUT2D eigenvalue weighted by atomic mass is 10.1. The van der Waals surface area contributed by atoms with Crippen molar-refractivity contribution in [3.8, 4) is 0 Å². The maximum absolute atomic E-state index is 12.7. The molecule has 1 aliphatic rings. The average molecular weight is 353 g/mol. The molecule has 0 spiro atoms. The lowest BCUT2D eigenvalue weighted by Gasteiger charge is -2.25. The van der Waals surface area contributed by atoms with Crippen molar-refractivity contribution in [3.63, 3.8) is 0 Å². The highest BCUT2D eigenvalue weighted by atomic mass is 16.2. The van der Waals surface area contributed by atoms with Crippen LogP contribution in [0.25, 0.3) is 11.2 Å². The summed E-state index contributed by atoms with van der Waals surface area (Å²) in [4.78, 5) is 31.8. The number of rotatable bonds is 4. The molecule has 1 atom stereocenters. The molecule has 7 nitrogen and oxygen atoms in total. The highest BCUT2D eigenvalue weighted by Gasteiger charge is 2.25. The molecule has 0 radical (unpaired) electrons. The first-order chi connectivity index (χ1) is 12.5. The van der Waals surface area contributed by atoms with Crippen LogP contribution in [0.5, 0.6) is 0 Å². The molecule has 0 saturated heterocycles. The molecule has 0 bridgehead atoms. The zero-order valence-electron chi connectivity index (χ0n) is 15.3. The fourth-order valence-electron chi connectivity index (χ4n) is 3.96. The summed E-state index contributed by atoms with van der Waals surface area (Å²) in [5, 5.41) is 0. The summed E-state index contributed by atoms with van der Waals surface area (Å²) in [5.41, 5.74) is 2.95. The predicted octanol–water partition coefficient (Wildman–Crippen LogP) is 1.27. The van der Waals surface area contributed by atoms with Gasteiger partial charge in [0.1, 0.15) is 0 Å². The molecule has 136 valence electrons. The molecule has 26 heavy (non-hydrogen) atoms. The van der Waals surface area contributed by atoms with Crippen LogP contribution in [0.1, 0.15) is 18.9 Å². The summed E-state index contributed by atoms with van der Waals surface area (Å²) in [7, 11) is 3.43. The van der Waals surface area contributed by atoms with Crippen LogP contribution in [0, 0.1) is 0 Å². The van der Waals surface area contributed by atoms with Crippen LogP contribution < -0.4 is 16.1 Å². The minimum atomic E-state index is -0.309. The molecule has 1 aromatic carbocycles. The minimum absolute atomic E-state index is 0.266. The van der Waals surface area contributed by atoms with Gasteiger partial charge >= 0.3 is 5.69 Å². The van der Waals surface area contributed by atoms with E-state index in [4.69, 9.17) is 0 Å². The monoisotopic (exact) mass is 353 g/mol. The lowest BCUT2D eigenvalue weighted by molar-refractivity contribution is 0.551. The highest BCUT2D eigenvalue weighted by molar-refractivity contribution is 5.69. The van der Waals surface area contributed by atoms with Gasteiger partial charge in [-0.2, -0.15) is 0 Å². The Hall–Kier alpha value is -2.83. The summed E-state index contributed by atoms with van der Waals surface area (Å²) in [6, 6.07) is 8.88. The molecule has 0 saturated carbocycles. The SMILES string of the molecule is CC1Cc2ccccc2N1CCCn1c(=O)c2c(ncn2C)n(C)c1=O. The second-order valence-electron chi connectivity index (χ2n) is 7.05. The number of aryl methyl sites for hydroxylation is 2. The van der Waals surface area contributed by atoms with Gasteiger partial charge in [-0.15, -0.1) is 0 Å². The molecule has 0 fully saturated rings. The molecule has 0 N–H and O–H groups in total. The van der Waals surface area contributed by atoms with E-state index in [1.165, 1.54) is 20.4 Å². The number of benzene rings is 1. The Morgan fingerprint density at radius 1 is 1.15 bits per heavy atom. The first-order valence-corrected chi connectivity index (χ1v) is 8.94. The van der Waals surface area contributed by atoms with Crippen molar-refractivity contribution in [2.24, 2.45) is 14.1 Å². The van der Waals surface area contributed by atoms with Gasteiger partial charge in [0.05, 0.1) is 6.33 Å². The van der Waals surface area contributed by atoms with Gasteiger partial charge in [0.2, 0.25) is 0 Å². The summed E-state index contributed by atoms with van der Waals surface area (Å²) >= 11 is 0. The lowest BCUT2D eigenvalue weighted by Crippen LogP contribution is -2.40. The third kappa shape index (κ3) is 2.46. The number of fused-ring (bicyclic) bond motifs is 2. The quantitative estimate of drug-likeness (QED) is 0.709. The Bertz CT molecular complexity index is 1090. The van der Waals surface area contributed by atoms with E-state index in [0.717, 1.165) is 19.4 Å². The molecule has 4 rings (SSSR count). The van der Waals surface area contributed by atoms with E-state index in [1.807, 2.05) is 0 Å². The minimum Gasteiger partial charge on any atom is -0.368 e. The van der Waals surface area contributed by atoms with Gasteiger partial charge in [0.25, 0.3) is 5.56 Å². The fraction of sp³-hybridized carbons (Fsp3) is 0.421. The number of nitrogens with zero attached hydrogens (tertiary/aromatic N) is 5. The number of aromatic nitrogens is 4. The smallest absolute Gasteiger partial charge is 0.332 e. The highest BCUT2D eigenvalue weighted by Crippen LogP contribution is 2.31. The second kappa shape index (κ2) is 6.16. The van der Waals surface area contributed by atoms with Crippen molar-refractivity contribution in [3.05, 3.63) is 57.0 Å². The van der Waals surface area contributed by atoms with E-state index in [2.05, 4.69) is 41.1 Å². The van der Waals surface area contributed by atoms with Crippen molar-refractivity contribution < 1.29 is 0 Å². The van der Waals surface area contributed by atoms with Gasteiger partial charge in [-0.25, -0.2) is 9.78 Å². The maximum atomic E-state index is 12.7. The third-order valence-corrected chi connectivity index (χ3v) is 5.33. The van der Waals surface area contributed by atoms with Crippen molar-refractivity contribution in [1.82, 2.24) is 18.7 Å². The molecule has 3 aromatic rings. The van der Waals surface area contributed by atoms with Crippen LogP contribution in [0.15, 0.2) is 40.2 Å². The third-order valence-electron chi connectivity index (χ3n) is 5.33. The van der Waals surface area contributed by atoms with E-state index < -0.39 is 0 Å². The summed E-state index contributed by atoms with van der Waals surface area (Å²) < 4.78 is 4.45. The van der Waals surface area contributed by atoms with Crippen molar-refractivity contribution >= 4 is 16.9 Å². The van der Waals surface area contributed by atoms with Gasteiger partial charge in [0.15, 0.2) is 11.2 Å². The Labute approximate surface area is 151 Å². The molecule has 0 amide bonds. The first kappa shape index (κ1) is 16.6. The number of hydrogen-bond donors (Lipinski definition) is 0. The van der Waals surface area contributed by atoms with E-state index in [-0.39, 0.29) is 11.2 Å². The largest absolute Gasteiger partial charge is 0.368 e. The zero-order valence-corrected chi connectivity index (χ0v) is 15.3. The number of para-hydroxylation sites is 1. The molecule has 7 heteroatoms. The number of imidazole rings is 1. The van der Waals surface area contributed by atoms with Crippen LogP contribution in [0.3, 0.4) is 0 Å². The molecule has 1 unspecified atom stereocenters. The fourth-order valence-corrected chi connectivity index (χ4v) is 3.96. The molecule has 1 aliphatic heterocycles. The summed E-state index contributed by atoms with van der Waals surface area (Å²) in [6.07, 6.45) is 3.34. The number of anilines is 1. The van der Waals surface area contributed by atoms with Gasteiger partial charge in [-0.1, -0.05) is 18.2 Å². The molecule has 0 aliphatic carbocycles. The second-order valence-corrected chi connectivity index (χ2v) is 7.05. The van der Waals surface area contributed by atoms with Gasteiger partial charge in [-0.3, -0.25) is 13.9 Å². The predicted molar refractivity (Wildman–Crippen MR) is 102 cm³/mol. The Morgan fingerprint density at radius 2 is 1.92 bits per heavy atom. The Balaban J connectivity index is 1.59. The number of hydrogen-bond acceptors (Lipinski definition) is 4. The summed E-state index contributed by atoms with van der Waals surface area (Å²) in [6.45, 7) is 3.43. The van der Waals surface area contributed by atoms with E-state index in [0.29, 0.717) is 23.8 Å². The molecular weight excluding hydrogens is 330 g/mol. The zero-order chi connectivity index (χ0) is 18.4. The molecule has 2 aromatic heterocycles.